The SMILES string of the molecule is NC(=S)c1cc(S(=O)(=O)Nc2cccnn2)ccc1F. The van der Waals surface area contributed by atoms with Crippen molar-refractivity contribution in [3.8, 4) is 0 Å². The molecule has 1 heterocycles. The Hall–Kier alpha value is -2.13. The second-order valence-corrected chi connectivity index (χ2v) is 5.84. The standard InChI is InChI=1S/C11H9FN4O2S2/c12-9-4-3-7(6-8(9)11(13)19)20(17,18)16-10-2-1-5-14-15-10/h1-6H,(H2,13,19)(H,15,16). The molecule has 20 heavy (non-hydrogen) atoms. The van der Waals surface area contributed by atoms with Gasteiger partial charge in [0, 0.05) is 11.8 Å². The molecule has 0 aliphatic heterocycles. The van der Waals surface area contributed by atoms with E-state index in [9.17, 15) is 12.8 Å². The number of benzene rings is 1. The minimum absolute atomic E-state index is 0.0497. The zero-order chi connectivity index (χ0) is 14.8. The summed E-state index contributed by atoms with van der Waals surface area (Å²) in [5.41, 5.74) is 5.20. The van der Waals surface area contributed by atoms with Crippen molar-refractivity contribution in [2.45, 2.75) is 4.90 Å². The lowest BCUT2D eigenvalue weighted by Crippen LogP contribution is -2.17. The topological polar surface area (TPSA) is 98.0 Å². The third-order valence-electron chi connectivity index (χ3n) is 2.32. The number of anilines is 1. The van der Waals surface area contributed by atoms with Crippen LogP contribution in [0.15, 0.2) is 41.4 Å². The lowest BCUT2D eigenvalue weighted by molar-refractivity contribution is 0.599. The molecule has 3 N–H and O–H groups in total. The third-order valence-corrected chi connectivity index (χ3v) is 3.90. The van der Waals surface area contributed by atoms with Crippen molar-refractivity contribution in [2.75, 3.05) is 4.72 Å². The number of nitrogens with two attached hydrogens (primary N) is 1. The van der Waals surface area contributed by atoms with Crippen molar-refractivity contribution in [3.63, 3.8) is 0 Å². The Morgan fingerprint density at radius 3 is 2.70 bits per heavy atom. The summed E-state index contributed by atoms with van der Waals surface area (Å²) in [6.07, 6.45) is 1.40. The van der Waals surface area contributed by atoms with E-state index in [0.29, 0.717) is 0 Å². The van der Waals surface area contributed by atoms with Gasteiger partial charge in [-0.2, -0.15) is 5.10 Å². The summed E-state index contributed by atoms with van der Waals surface area (Å²) in [6, 6.07) is 6.12. The normalized spacial score (nSPS) is 11.1. The molecule has 0 saturated heterocycles. The molecule has 2 aromatic rings. The van der Waals surface area contributed by atoms with Crippen LogP contribution in [-0.2, 0) is 10.0 Å². The summed E-state index contributed by atoms with van der Waals surface area (Å²) in [6.45, 7) is 0. The van der Waals surface area contributed by atoms with Crippen LogP contribution in [0.25, 0.3) is 0 Å². The van der Waals surface area contributed by atoms with Gasteiger partial charge in [0.25, 0.3) is 10.0 Å². The van der Waals surface area contributed by atoms with Crippen molar-refractivity contribution < 1.29 is 12.8 Å². The van der Waals surface area contributed by atoms with E-state index in [2.05, 4.69) is 27.1 Å². The maximum atomic E-state index is 13.4. The number of hydrogen-bond acceptors (Lipinski definition) is 5. The highest BCUT2D eigenvalue weighted by molar-refractivity contribution is 7.92. The van der Waals surface area contributed by atoms with E-state index in [1.165, 1.54) is 18.3 Å². The van der Waals surface area contributed by atoms with Crippen LogP contribution in [0.4, 0.5) is 10.2 Å². The molecule has 0 amide bonds. The van der Waals surface area contributed by atoms with Crippen molar-refractivity contribution >= 4 is 33.0 Å². The average molecular weight is 312 g/mol. The van der Waals surface area contributed by atoms with Gasteiger partial charge in [-0.1, -0.05) is 12.2 Å². The molecule has 104 valence electrons. The number of nitrogens with one attached hydrogen (secondary N) is 1. The molecule has 0 radical (unpaired) electrons. The minimum Gasteiger partial charge on any atom is -0.389 e. The molecule has 0 spiro atoms. The summed E-state index contributed by atoms with van der Waals surface area (Å²) < 4.78 is 39.8. The van der Waals surface area contributed by atoms with Gasteiger partial charge in [0.2, 0.25) is 0 Å². The Labute approximate surface area is 119 Å². The second-order valence-electron chi connectivity index (χ2n) is 3.72. The van der Waals surface area contributed by atoms with Gasteiger partial charge in [-0.3, -0.25) is 4.72 Å². The van der Waals surface area contributed by atoms with Crippen LogP contribution < -0.4 is 10.5 Å². The fourth-order valence-electron chi connectivity index (χ4n) is 1.41. The molecule has 0 unspecified atom stereocenters. The number of aromatic nitrogens is 2. The molecule has 0 bridgehead atoms. The van der Waals surface area contributed by atoms with E-state index in [4.69, 9.17) is 5.73 Å². The maximum Gasteiger partial charge on any atom is 0.263 e. The number of thiocarbonyl (C=S) groups is 1. The Kier molecular flexibility index (Phi) is 3.91. The van der Waals surface area contributed by atoms with Crippen LogP contribution in [0.1, 0.15) is 5.56 Å². The van der Waals surface area contributed by atoms with Crippen molar-refractivity contribution in [3.05, 3.63) is 47.9 Å². The van der Waals surface area contributed by atoms with Gasteiger partial charge in [-0.15, -0.1) is 5.10 Å². The highest BCUT2D eigenvalue weighted by Crippen LogP contribution is 2.17. The predicted molar refractivity (Wildman–Crippen MR) is 75.1 cm³/mol. The van der Waals surface area contributed by atoms with E-state index in [1.807, 2.05) is 0 Å². The van der Waals surface area contributed by atoms with E-state index in [0.717, 1.165) is 18.2 Å². The van der Waals surface area contributed by atoms with E-state index in [-0.39, 0.29) is 21.3 Å². The molecule has 0 aliphatic rings. The van der Waals surface area contributed by atoms with Crippen molar-refractivity contribution in [1.29, 1.82) is 0 Å². The fraction of sp³-hybridized carbons (Fsp3) is 0. The molecule has 0 saturated carbocycles. The van der Waals surface area contributed by atoms with Gasteiger partial charge < -0.3 is 5.73 Å². The number of rotatable bonds is 4. The minimum atomic E-state index is -3.92. The summed E-state index contributed by atoms with van der Waals surface area (Å²) in [5, 5.41) is 7.14. The van der Waals surface area contributed by atoms with Crippen LogP contribution in [0.3, 0.4) is 0 Å². The second kappa shape index (κ2) is 5.47. The maximum absolute atomic E-state index is 13.4. The molecule has 0 fully saturated rings. The Morgan fingerprint density at radius 2 is 2.10 bits per heavy atom. The molecular weight excluding hydrogens is 303 g/mol. The first kappa shape index (κ1) is 14.3. The number of nitrogens with zero attached hydrogens (tertiary/aromatic N) is 2. The van der Waals surface area contributed by atoms with Crippen LogP contribution in [0.5, 0.6) is 0 Å². The first-order valence-corrected chi connectivity index (χ1v) is 7.19. The zero-order valence-electron chi connectivity index (χ0n) is 9.95. The zero-order valence-corrected chi connectivity index (χ0v) is 11.6. The van der Waals surface area contributed by atoms with Crippen LogP contribution >= 0.6 is 12.2 Å². The van der Waals surface area contributed by atoms with Crippen LogP contribution in [0, 0.1) is 5.82 Å². The summed E-state index contributed by atoms with van der Waals surface area (Å²) in [7, 11) is -3.92. The highest BCUT2D eigenvalue weighted by Gasteiger charge is 2.18. The molecule has 1 aromatic heterocycles. The quantitative estimate of drug-likeness (QED) is 0.819. The molecule has 9 heteroatoms. The van der Waals surface area contributed by atoms with Crippen molar-refractivity contribution in [2.24, 2.45) is 5.73 Å². The number of sulfonamides is 1. The van der Waals surface area contributed by atoms with Gasteiger partial charge >= 0.3 is 0 Å². The van der Waals surface area contributed by atoms with Gasteiger partial charge in [0.1, 0.15) is 10.8 Å². The summed E-state index contributed by atoms with van der Waals surface area (Å²) >= 11 is 4.66. The Balaban J connectivity index is 2.40. The van der Waals surface area contributed by atoms with E-state index >= 15 is 0 Å². The Bertz CT molecular complexity index is 750. The number of halogens is 1. The smallest absolute Gasteiger partial charge is 0.263 e. The number of hydrogen-bond donors (Lipinski definition) is 2. The summed E-state index contributed by atoms with van der Waals surface area (Å²) in [5.74, 6) is -0.635. The lowest BCUT2D eigenvalue weighted by Gasteiger charge is -2.08. The van der Waals surface area contributed by atoms with Crippen LogP contribution in [0.2, 0.25) is 0 Å². The highest BCUT2D eigenvalue weighted by atomic mass is 32.2. The first-order valence-electron chi connectivity index (χ1n) is 5.30. The van der Waals surface area contributed by atoms with Crippen molar-refractivity contribution in [1.82, 2.24) is 10.2 Å². The largest absolute Gasteiger partial charge is 0.389 e. The predicted octanol–water partition coefficient (Wildman–Crippen LogP) is 1.05. The van der Waals surface area contributed by atoms with Gasteiger partial charge in [0.05, 0.1) is 4.90 Å². The van der Waals surface area contributed by atoms with Crippen LogP contribution in [-0.4, -0.2) is 23.6 Å². The monoisotopic (exact) mass is 312 g/mol. The molecule has 6 nitrogen and oxygen atoms in total. The molecule has 0 atom stereocenters. The summed E-state index contributed by atoms with van der Waals surface area (Å²) in [4.78, 5) is -0.397. The molecule has 1 aromatic carbocycles. The van der Waals surface area contributed by atoms with E-state index < -0.39 is 15.8 Å². The third kappa shape index (κ3) is 3.06. The average Bonchev–Trinajstić information content (AvgIpc) is 2.39. The van der Waals surface area contributed by atoms with Gasteiger partial charge in [-0.05, 0) is 30.3 Å². The van der Waals surface area contributed by atoms with Gasteiger partial charge in [-0.25, -0.2) is 12.8 Å². The first-order chi connectivity index (χ1) is 9.40. The van der Waals surface area contributed by atoms with E-state index in [1.54, 1.807) is 0 Å². The Morgan fingerprint density at radius 1 is 1.35 bits per heavy atom. The lowest BCUT2D eigenvalue weighted by atomic mass is 10.2. The van der Waals surface area contributed by atoms with Gasteiger partial charge in [0.15, 0.2) is 5.82 Å². The molecular formula is C11H9FN4O2S2. The molecule has 0 aliphatic carbocycles. The molecule has 2 rings (SSSR count). The fourth-order valence-corrected chi connectivity index (χ4v) is 2.59.